The van der Waals surface area contributed by atoms with Crippen molar-refractivity contribution < 1.29 is 0 Å². The summed E-state index contributed by atoms with van der Waals surface area (Å²) in [4.78, 5) is 0. The molecule has 0 radical (unpaired) electrons. The fourth-order valence-corrected chi connectivity index (χ4v) is 2.02. The molecule has 0 aromatic rings. The Labute approximate surface area is 94.4 Å². The molecule has 0 aliphatic carbocycles. The van der Waals surface area contributed by atoms with E-state index in [0.29, 0.717) is 0 Å². The molecule has 86 valence electrons. The van der Waals surface area contributed by atoms with Crippen LogP contribution in [0.3, 0.4) is 0 Å². The van der Waals surface area contributed by atoms with E-state index in [1.807, 2.05) is 11.8 Å². The van der Waals surface area contributed by atoms with Crippen molar-refractivity contribution in [3.8, 4) is 0 Å². The number of rotatable bonds is 10. The molecule has 0 rings (SSSR count). The average molecular weight is 217 g/mol. The van der Waals surface area contributed by atoms with Gasteiger partial charge in [0.25, 0.3) is 0 Å². The van der Waals surface area contributed by atoms with Crippen LogP contribution in [0.2, 0.25) is 0 Å². The fraction of sp³-hybridized carbons (Fsp3) is 1.00. The number of hydrogen-bond donors (Lipinski definition) is 1. The lowest BCUT2D eigenvalue weighted by Crippen LogP contribution is -2.23. The van der Waals surface area contributed by atoms with Crippen LogP contribution in [0.15, 0.2) is 0 Å². The Morgan fingerprint density at radius 1 is 1.21 bits per heavy atom. The topological polar surface area (TPSA) is 12.0 Å². The summed E-state index contributed by atoms with van der Waals surface area (Å²) in [7, 11) is 0. The zero-order valence-electron chi connectivity index (χ0n) is 10.1. The standard InChI is InChI=1S/C12H27NS/c1-4-6-8-12(5-2)11-13-9-7-10-14-3/h12-13H,4-11H2,1-3H3. The van der Waals surface area contributed by atoms with Gasteiger partial charge in [-0.3, -0.25) is 0 Å². The highest BCUT2D eigenvalue weighted by Gasteiger charge is 2.04. The van der Waals surface area contributed by atoms with Crippen LogP contribution in [-0.2, 0) is 0 Å². The van der Waals surface area contributed by atoms with Crippen LogP contribution in [0.4, 0.5) is 0 Å². The second kappa shape index (κ2) is 11.4. The third-order valence-corrected chi connectivity index (χ3v) is 3.38. The normalized spacial score (nSPS) is 13.1. The summed E-state index contributed by atoms with van der Waals surface area (Å²) in [5.41, 5.74) is 0. The van der Waals surface area contributed by atoms with Crippen LogP contribution in [0.1, 0.15) is 46.0 Å². The van der Waals surface area contributed by atoms with Crippen LogP contribution in [0.5, 0.6) is 0 Å². The van der Waals surface area contributed by atoms with Crippen molar-refractivity contribution in [2.24, 2.45) is 5.92 Å². The molecule has 0 bridgehead atoms. The summed E-state index contributed by atoms with van der Waals surface area (Å²) in [5.74, 6) is 2.20. The highest BCUT2D eigenvalue weighted by molar-refractivity contribution is 7.98. The van der Waals surface area contributed by atoms with E-state index >= 15 is 0 Å². The van der Waals surface area contributed by atoms with Crippen molar-refractivity contribution in [3.05, 3.63) is 0 Å². The Morgan fingerprint density at radius 2 is 2.00 bits per heavy atom. The zero-order chi connectivity index (χ0) is 10.6. The van der Waals surface area contributed by atoms with Crippen molar-refractivity contribution in [2.75, 3.05) is 25.1 Å². The summed E-state index contributed by atoms with van der Waals surface area (Å²) in [5, 5.41) is 3.57. The molecule has 1 N–H and O–H groups in total. The third-order valence-electron chi connectivity index (χ3n) is 2.68. The number of unbranched alkanes of at least 4 members (excludes halogenated alkanes) is 1. The average Bonchev–Trinajstić information content (AvgIpc) is 2.22. The van der Waals surface area contributed by atoms with Gasteiger partial charge in [-0.25, -0.2) is 0 Å². The fourth-order valence-electron chi connectivity index (χ4n) is 1.59. The Hall–Kier alpha value is 0.310. The van der Waals surface area contributed by atoms with E-state index in [4.69, 9.17) is 0 Å². The molecular weight excluding hydrogens is 190 g/mol. The van der Waals surface area contributed by atoms with E-state index in [-0.39, 0.29) is 0 Å². The second-order valence-corrected chi connectivity index (χ2v) is 4.95. The van der Waals surface area contributed by atoms with E-state index in [9.17, 15) is 0 Å². The van der Waals surface area contributed by atoms with E-state index < -0.39 is 0 Å². The molecule has 0 aromatic carbocycles. The first-order valence-electron chi connectivity index (χ1n) is 6.04. The van der Waals surface area contributed by atoms with E-state index in [1.165, 1.54) is 50.9 Å². The highest BCUT2D eigenvalue weighted by Crippen LogP contribution is 2.11. The highest BCUT2D eigenvalue weighted by atomic mass is 32.2. The van der Waals surface area contributed by atoms with Crippen molar-refractivity contribution >= 4 is 11.8 Å². The van der Waals surface area contributed by atoms with Gasteiger partial charge in [-0.15, -0.1) is 0 Å². The largest absolute Gasteiger partial charge is 0.316 e. The maximum absolute atomic E-state index is 3.57. The van der Waals surface area contributed by atoms with Gasteiger partial charge in [0.05, 0.1) is 0 Å². The van der Waals surface area contributed by atoms with Crippen LogP contribution < -0.4 is 5.32 Å². The van der Waals surface area contributed by atoms with Gasteiger partial charge in [0, 0.05) is 0 Å². The number of thioether (sulfide) groups is 1. The van der Waals surface area contributed by atoms with Crippen LogP contribution in [0, 0.1) is 5.92 Å². The minimum absolute atomic E-state index is 0.907. The van der Waals surface area contributed by atoms with E-state index in [0.717, 1.165) is 5.92 Å². The first kappa shape index (κ1) is 14.3. The Bertz CT molecular complexity index is 106. The molecule has 1 nitrogen and oxygen atoms in total. The van der Waals surface area contributed by atoms with Gasteiger partial charge in [0.2, 0.25) is 0 Å². The molecule has 0 aliphatic heterocycles. The van der Waals surface area contributed by atoms with Crippen molar-refractivity contribution in [3.63, 3.8) is 0 Å². The maximum Gasteiger partial charge on any atom is -0.00206 e. The second-order valence-electron chi connectivity index (χ2n) is 3.97. The first-order valence-corrected chi connectivity index (χ1v) is 7.44. The molecule has 0 aliphatic rings. The number of hydrogen-bond acceptors (Lipinski definition) is 2. The molecular formula is C12H27NS. The van der Waals surface area contributed by atoms with Crippen molar-refractivity contribution in [2.45, 2.75) is 46.0 Å². The van der Waals surface area contributed by atoms with E-state index in [2.05, 4.69) is 25.4 Å². The summed E-state index contributed by atoms with van der Waals surface area (Å²) in [6.45, 7) is 7.01. The van der Waals surface area contributed by atoms with Crippen LogP contribution >= 0.6 is 11.8 Å². The molecule has 0 aromatic heterocycles. The lowest BCUT2D eigenvalue weighted by Gasteiger charge is -2.14. The van der Waals surface area contributed by atoms with Crippen LogP contribution in [-0.4, -0.2) is 25.1 Å². The quantitative estimate of drug-likeness (QED) is 0.562. The summed E-state index contributed by atoms with van der Waals surface area (Å²) in [6.07, 6.45) is 8.95. The molecule has 14 heavy (non-hydrogen) atoms. The van der Waals surface area contributed by atoms with Crippen molar-refractivity contribution in [1.82, 2.24) is 5.32 Å². The Kier molecular flexibility index (Phi) is 11.6. The van der Waals surface area contributed by atoms with Gasteiger partial charge >= 0.3 is 0 Å². The van der Waals surface area contributed by atoms with Gasteiger partial charge in [0.1, 0.15) is 0 Å². The lowest BCUT2D eigenvalue weighted by atomic mass is 9.99. The third kappa shape index (κ3) is 8.89. The smallest absolute Gasteiger partial charge is 0.00206 e. The first-order chi connectivity index (χ1) is 6.85. The van der Waals surface area contributed by atoms with Crippen molar-refractivity contribution in [1.29, 1.82) is 0 Å². The lowest BCUT2D eigenvalue weighted by molar-refractivity contribution is 0.420. The van der Waals surface area contributed by atoms with Gasteiger partial charge < -0.3 is 5.32 Å². The molecule has 1 unspecified atom stereocenters. The van der Waals surface area contributed by atoms with Crippen LogP contribution in [0.25, 0.3) is 0 Å². The molecule has 1 atom stereocenters. The van der Waals surface area contributed by atoms with E-state index in [1.54, 1.807) is 0 Å². The zero-order valence-corrected chi connectivity index (χ0v) is 11.0. The molecule has 0 saturated carbocycles. The Balaban J connectivity index is 3.24. The van der Waals surface area contributed by atoms with Gasteiger partial charge in [-0.1, -0.05) is 33.1 Å². The summed E-state index contributed by atoms with van der Waals surface area (Å²) >= 11 is 1.94. The van der Waals surface area contributed by atoms with Gasteiger partial charge in [-0.05, 0) is 43.9 Å². The number of nitrogens with one attached hydrogen (secondary N) is 1. The minimum atomic E-state index is 0.907. The predicted molar refractivity (Wildman–Crippen MR) is 69.2 cm³/mol. The molecule has 2 heteroatoms. The summed E-state index contributed by atoms with van der Waals surface area (Å²) < 4.78 is 0. The molecule has 0 heterocycles. The molecule has 0 fully saturated rings. The minimum Gasteiger partial charge on any atom is -0.316 e. The molecule has 0 saturated heterocycles. The SMILES string of the molecule is CCCCC(CC)CNCCCSC. The Morgan fingerprint density at radius 3 is 2.57 bits per heavy atom. The monoisotopic (exact) mass is 217 g/mol. The predicted octanol–water partition coefficient (Wildman–Crippen LogP) is 3.55. The van der Waals surface area contributed by atoms with Gasteiger partial charge in [-0.2, -0.15) is 11.8 Å². The maximum atomic E-state index is 3.57. The molecule has 0 spiro atoms. The summed E-state index contributed by atoms with van der Waals surface area (Å²) in [6, 6.07) is 0. The van der Waals surface area contributed by atoms with Gasteiger partial charge in [0.15, 0.2) is 0 Å². The molecule has 0 amide bonds.